The summed E-state index contributed by atoms with van der Waals surface area (Å²) in [7, 11) is 0. The van der Waals surface area contributed by atoms with Gasteiger partial charge in [0.15, 0.2) is 18.3 Å². The van der Waals surface area contributed by atoms with E-state index in [0.717, 1.165) is 72.1 Å². The molecule has 0 amide bonds. The number of ether oxygens (including phenoxy) is 5. The first-order valence-corrected chi connectivity index (χ1v) is 13.4. The third-order valence-corrected chi connectivity index (χ3v) is 5.46. The van der Waals surface area contributed by atoms with E-state index in [4.69, 9.17) is 23.7 Å². The van der Waals surface area contributed by atoms with Gasteiger partial charge in [-0.2, -0.15) is 0 Å². The Morgan fingerprint density at radius 2 is 0.865 bits per heavy atom. The Balaban J connectivity index is 5.30. The van der Waals surface area contributed by atoms with Crippen LogP contribution < -0.4 is 0 Å². The van der Waals surface area contributed by atoms with Crippen molar-refractivity contribution < 1.29 is 47.7 Å². The van der Waals surface area contributed by atoms with E-state index in [1.165, 1.54) is 0 Å². The molecule has 10 nitrogen and oxygen atoms in total. The van der Waals surface area contributed by atoms with E-state index in [-0.39, 0.29) is 12.8 Å². The zero-order valence-electron chi connectivity index (χ0n) is 23.2. The van der Waals surface area contributed by atoms with E-state index < -0.39 is 61.4 Å². The molecule has 0 fully saturated rings. The van der Waals surface area contributed by atoms with E-state index in [1.807, 2.05) is 0 Å². The molecule has 3 atom stereocenters. The maximum Gasteiger partial charge on any atom is 0.305 e. The highest BCUT2D eigenvalue weighted by atomic mass is 16.6. The Hall–Kier alpha value is -2.65. The van der Waals surface area contributed by atoms with Gasteiger partial charge in [-0.25, -0.2) is 0 Å². The highest BCUT2D eigenvalue weighted by Gasteiger charge is 2.39. The molecule has 0 radical (unpaired) electrons. The van der Waals surface area contributed by atoms with Crippen LogP contribution in [-0.4, -0.2) is 61.4 Å². The molecule has 0 aliphatic rings. The van der Waals surface area contributed by atoms with Gasteiger partial charge in [-0.05, 0) is 12.8 Å². The SMILES string of the molecule is CCCCCCCC(=O)OC[C@H](OC(C)=O)C(OC(C)=O)[C@@H](COC(=O)CCCCCCC)OC(C)=O. The molecule has 0 N–H and O–H groups in total. The van der Waals surface area contributed by atoms with Crippen molar-refractivity contribution in [2.75, 3.05) is 13.2 Å². The predicted octanol–water partition coefficient (Wildman–Crippen LogP) is 4.59. The van der Waals surface area contributed by atoms with Crippen molar-refractivity contribution in [1.82, 2.24) is 0 Å². The van der Waals surface area contributed by atoms with Gasteiger partial charge in [-0.15, -0.1) is 0 Å². The number of unbranched alkanes of at least 4 members (excludes halogenated alkanes) is 8. The summed E-state index contributed by atoms with van der Waals surface area (Å²) in [5.74, 6) is -3.17. The van der Waals surface area contributed by atoms with Crippen molar-refractivity contribution in [3.63, 3.8) is 0 Å². The molecule has 0 aliphatic carbocycles. The fourth-order valence-electron chi connectivity index (χ4n) is 3.64. The minimum absolute atomic E-state index is 0.192. The Kier molecular flexibility index (Phi) is 19.9. The zero-order valence-corrected chi connectivity index (χ0v) is 23.2. The van der Waals surface area contributed by atoms with E-state index in [2.05, 4.69) is 13.8 Å². The molecule has 0 aromatic carbocycles. The second-order valence-corrected chi connectivity index (χ2v) is 9.06. The normalized spacial score (nSPS) is 13.1. The first-order valence-electron chi connectivity index (χ1n) is 13.4. The van der Waals surface area contributed by atoms with Gasteiger partial charge in [0.05, 0.1) is 0 Å². The fourth-order valence-corrected chi connectivity index (χ4v) is 3.64. The van der Waals surface area contributed by atoms with E-state index in [1.54, 1.807) is 0 Å². The second-order valence-electron chi connectivity index (χ2n) is 9.06. The first-order chi connectivity index (χ1) is 17.6. The molecule has 0 spiro atoms. The van der Waals surface area contributed by atoms with Gasteiger partial charge in [-0.3, -0.25) is 24.0 Å². The number of carbonyl (C=O) groups is 5. The number of esters is 5. The molecule has 0 saturated heterocycles. The molecule has 0 aromatic heterocycles. The quantitative estimate of drug-likeness (QED) is 0.118. The summed E-state index contributed by atoms with van der Waals surface area (Å²) in [4.78, 5) is 59.8. The molecule has 1 unspecified atom stereocenters. The zero-order chi connectivity index (χ0) is 28.1. The summed E-state index contributed by atoms with van der Waals surface area (Å²) >= 11 is 0. The lowest BCUT2D eigenvalue weighted by atomic mass is 10.1. The van der Waals surface area contributed by atoms with Gasteiger partial charge in [0, 0.05) is 33.6 Å². The van der Waals surface area contributed by atoms with Crippen LogP contribution in [-0.2, 0) is 47.7 Å². The molecule has 0 bridgehead atoms. The van der Waals surface area contributed by atoms with Crippen LogP contribution in [0.4, 0.5) is 0 Å². The van der Waals surface area contributed by atoms with Crippen molar-refractivity contribution in [3.05, 3.63) is 0 Å². The van der Waals surface area contributed by atoms with Crippen LogP contribution in [0.15, 0.2) is 0 Å². The summed E-state index contributed by atoms with van der Waals surface area (Å²) < 4.78 is 26.4. The largest absolute Gasteiger partial charge is 0.462 e. The van der Waals surface area contributed by atoms with Gasteiger partial charge in [0.25, 0.3) is 0 Å². The standard InChI is InChI=1S/C27H46O10/c1-6-8-10-12-14-16-25(31)33-18-23(35-20(3)28)27(37-22(5)30)24(36-21(4)29)19-34-26(32)17-15-13-11-9-7-2/h23-24,27H,6-19H2,1-5H3/t23-,24+,27?. The minimum atomic E-state index is -1.36. The van der Waals surface area contributed by atoms with Gasteiger partial charge >= 0.3 is 29.8 Å². The van der Waals surface area contributed by atoms with Crippen LogP contribution in [0.25, 0.3) is 0 Å². The molecule has 10 heteroatoms. The fraction of sp³-hybridized carbons (Fsp3) is 0.815. The van der Waals surface area contributed by atoms with Crippen molar-refractivity contribution in [1.29, 1.82) is 0 Å². The van der Waals surface area contributed by atoms with Gasteiger partial charge in [0.2, 0.25) is 0 Å². The summed E-state index contributed by atoms with van der Waals surface area (Å²) in [5, 5.41) is 0. The highest BCUT2D eigenvalue weighted by molar-refractivity contribution is 5.70. The smallest absolute Gasteiger partial charge is 0.305 e. The molecule has 214 valence electrons. The van der Waals surface area contributed by atoms with Crippen LogP contribution in [0, 0.1) is 0 Å². The van der Waals surface area contributed by atoms with Crippen molar-refractivity contribution in [2.45, 2.75) is 130 Å². The van der Waals surface area contributed by atoms with Crippen LogP contribution >= 0.6 is 0 Å². The third kappa shape index (κ3) is 19.2. The van der Waals surface area contributed by atoms with Crippen LogP contribution in [0.2, 0.25) is 0 Å². The second kappa shape index (κ2) is 21.4. The van der Waals surface area contributed by atoms with Gasteiger partial charge < -0.3 is 23.7 Å². The first kappa shape index (κ1) is 34.4. The topological polar surface area (TPSA) is 132 Å². The average molecular weight is 531 g/mol. The lowest BCUT2D eigenvalue weighted by Crippen LogP contribution is -2.49. The number of hydrogen-bond acceptors (Lipinski definition) is 10. The van der Waals surface area contributed by atoms with Crippen molar-refractivity contribution in [2.24, 2.45) is 0 Å². The lowest BCUT2D eigenvalue weighted by molar-refractivity contribution is -0.194. The van der Waals surface area contributed by atoms with Crippen LogP contribution in [0.1, 0.15) is 112 Å². The number of carbonyl (C=O) groups excluding carboxylic acids is 5. The Labute approximate surface area is 221 Å². The maximum absolute atomic E-state index is 12.2. The Bertz CT molecular complexity index is 641. The van der Waals surface area contributed by atoms with Crippen LogP contribution in [0.3, 0.4) is 0 Å². The van der Waals surface area contributed by atoms with Crippen LogP contribution in [0.5, 0.6) is 0 Å². The Morgan fingerprint density at radius 3 is 1.19 bits per heavy atom. The highest BCUT2D eigenvalue weighted by Crippen LogP contribution is 2.17. The monoisotopic (exact) mass is 530 g/mol. The Morgan fingerprint density at radius 1 is 0.514 bits per heavy atom. The molecular weight excluding hydrogens is 484 g/mol. The summed E-state index contributed by atoms with van der Waals surface area (Å²) in [6.07, 6.45) is 5.99. The van der Waals surface area contributed by atoms with Gasteiger partial charge in [0.1, 0.15) is 13.2 Å². The van der Waals surface area contributed by atoms with Crippen molar-refractivity contribution >= 4 is 29.8 Å². The summed E-state index contributed by atoms with van der Waals surface area (Å²) in [5.41, 5.74) is 0. The molecule has 37 heavy (non-hydrogen) atoms. The summed E-state index contributed by atoms with van der Waals surface area (Å²) in [6, 6.07) is 0. The molecule has 0 aliphatic heterocycles. The molecule has 0 heterocycles. The molecular formula is C27H46O10. The van der Waals surface area contributed by atoms with Gasteiger partial charge in [-0.1, -0.05) is 65.2 Å². The number of rotatable bonds is 21. The minimum Gasteiger partial charge on any atom is -0.462 e. The van der Waals surface area contributed by atoms with E-state index in [9.17, 15) is 24.0 Å². The molecule has 0 aromatic rings. The predicted molar refractivity (Wildman–Crippen MR) is 135 cm³/mol. The maximum atomic E-state index is 12.2. The summed E-state index contributed by atoms with van der Waals surface area (Å²) in [6.45, 7) is 6.78. The molecule has 0 saturated carbocycles. The van der Waals surface area contributed by atoms with E-state index >= 15 is 0 Å². The third-order valence-electron chi connectivity index (χ3n) is 5.46. The van der Waals surface area contributed by atoms with E-state index in [0.29, 0.717) is 12.8 Å². The molecule has 0 rings (SSSR count). The lowest BCUT2D eigenvalue weighted by Gasteiger charge is -2.31. The average Bonchev–Trinajstić information content (AvgIpc) is 2.82. The van der Waals surface area contributed by atoms with Crippen molar-refractivity contribution in [3.8, 4) is 0 Å². The number of hydrogen-bond donors (Lipinski definition) is 0.